The van der Waals surface area contributed by atoms with E-state index in [9.17, 15) is 0 Å². The highest BCUT2D eigenvalue weighted by atomic mass is 35.5. The van der Waals surface area contributed by atoms with E-state index in [0.29, 0.717) is 6.10 Å². The summed E-state index contributed by atoms with van der Waals surface area (Å²) >= 11 is 6.06. The van der Waals surface area contributed by atoms with Crippen LogP contribution in [0.2, 0.25) is 5.02 Å². The van der Waals surface area contributed by atoms with Crippen LogP contribution in [0, 0.1) is 5.92 Å². The lowest BCUT2D eigenvalue weighted by Crippen LogP contribution is -2.33. The van der Waals surface area contributed by atoms with Crippen molar-refractivity contribution < 1.29 is 4.74 Å². The Morgan fingerprint density at radius 1 is 1.39 bits per heavy atom. The molecule has 1 fully saturated rings. The highest BCUT2D eigenvalue weighted by molar-refractivity contribution is 6.30. The second-order valence-corrected chi connectivity index (χ2v) is 5.97. The predicted octanol–water partition coefficient (Wildman–Crippen LogP) is 3.72. The number of ether oxygens (including phenoxy) is 1. The first-order valence-corrected chi connectivity index (χ1v) is 7.30. The van der Waals surface area contributed by atoms with Gasteiger partial charge in [0.1, 0.15) is 11.9 Å². The lowest BCUT2D eigenvalue weighted by atomic mass is 10.2. The van der Waals surface area contributed by atoms with Crippen molar-refractivity contribution in [3.05, 3.63) is 28.8 Å². The molecular weight excluding hydrogens is 246 g/mol. The van der Waals surface area contributed by atoms with E-state index in [4.69, 9.17) is 16.3 Å². The summed E-state index contributed by atoms with van der Waals surface area (Å²) in [5.41, 5.74) is 1.27. The van der Waals surface area contributed by atoms with Crippen LogP contribution >= 0.6 is 11.6 Å². The number of rotatable bonds is 3. The van der Waals surface area contributed by atoms with Gasteiger partial charge in [-0.2, -0.15) is 0 Å². The molecule has 1 aromatic carbocycles. The van der Waals surface area contributed by atoms with Crippen LogP contribution in [0.25, 0.3) is 0 Å². The molecule has 3 rings (SSSR count). The number of fused-ring (bicyclic) bond motifs is 1. The van der Waals surface area contributed by atoms with Crippen molar-refractivity contribution in [1.29, 1.82) is 0 Å². The summed E-state index contributed by atoms with van der Waals surface area (Å²) in [4.78, 5) is 2.55. The maximum Gasteiger partial charge on any atom is 0.125 e. The molecule has 98 valence electrons. The van der Waals surface area contributed by atoms with Gasteiger partial charge in [0.2, 0.25) is 0 Å². The van der Waals surface area contributed by atoms with Gasteiger partial charge in [0.15, 0.2) is 0 Å². The van der Waals surface area contributed by atoms with Gasteiger partial charge in [-0.15, -0.1) is 0 Å². The van der Waals surface area contributed by atoms with Crippen molar-refractivity contribution in [3.8, 4) is 5.75 Å². The van der Waals surface area contributed by atoms with Crippen molar-refractivity contribution in [2.24, 2.45) is 5.92 Å². The summed E-state index contributed by atoms with van der Waals surface area (Å²) in [5.74, 6) is 1.91. The quantitative estimate of drug-likeness (QED) is 0.826. The molecule has 1 aliphatic carbocycles. The molecule has 0 radical (unpaired) electrons. The van der Waals surface area contributed by atoms with Crippen molar-refractivity contribution in [3.63, 3.8) is 0 Å². The van der Waals surface area contributed by atoms with Crippen molar-refractivity contribution >= 4 is 11.6 Å². The third-order valence-electron chi connectivity index (χ3n) is 3.85. The molecule has 2 aliphatic rings. The molecule has 3 heteroatoms. The molecule has 0 bridgehead atoms. The highest BCUT2D eigenvalue weighted by Gasteiger charge is 2.28. The first-order valence-electron chi connectivity index (χ1n) is 6.92. The Kier molecular flexibility index (Phi) is 3.49. The summed E-state index contributed by atoms with van der Waals surface area (Å²) in [6.07, 6.45) is 4.15. The Morgan fingerprint density at radius 3 is 2.94 bits per heavy atom. The number of hydrogen-bond donors (Lipinski definition) is 0. The third kappa shape index (κ3) is 2.81. The van der Waals surface area contributed by atoms with Crippen molar-refractivity contribution in [2.75, 3.05) is 13.1 Å². The Hall–Kier alpha value is -0.730. The fourth-order valence-electron chi connectivity index (χ4n) is 2.60. The molecule has 1 heterocycles. The van der Waals surface area contributed by atoms with E-state index in [1.54, 1.807) is 0 Å². The second-order valence-electron chi connectivity index (χ2n) is 5.54. The summed E-state index contributed by atoms with van der Waals surface area (Å²) in [7, 11) is 0. The molecule has 0 N–H and O–H groups in total. The van der Waals surface area contributed by atoms with E-state index in [2.05, 4.69) is 17.9 Å². The first-order chi connectivity index (χ1) is 8.74. The number of halogens is 1. The Balaban J connectivity index is 1.82. The van der Waals surface area contributed by atoms with Gasteiger partial charge in [0.25, 0.3) is 0 Å². The van der Waals surface area contributed by atoms with Gasteiger partial charge < -0.3 is 4.74 Å². The maximum absolute atomic E-state index is 6.09. The van der Waals surface area contributed by atoms with Gasteiger partial charge in [-0.1, -0.05) is 24.6 Å². The van der Waals surface area contributed by atoms with Gasteiger partial charge in [-0.3, -0.25) is 4.90 Å². The number of benzene rings is 1. The van der Waals surface area contributed by atoms with Gasteiger partial charge in [-0.05, 0) is 37.3 Å². The fourth-order valence-corrected chi connectivity index (χ4v) is 2.76. The number of nitrogens with zero attached hydrogens (tertiary/aromatic N) is 1. The molecule has 2 nitrogen and oxygen atoms in total. The van der Waals surface area contributed by atoms with Gasteiger partial charge in [-0.25, -0.2) is 0 Å². The molecule has 0 unspecified atom stereocenters. The zero-order chi connectivity index (χ0) is 12.5. The van der Waals surface area contributed by atoms with Crippen LogP contribution < -0.4 is 4.74 Å². The maximum atomic E-state index is 6.09. The lowest BCUT2D eigenvalue weighted by molar-refractivity contribution is 0.140. The zero-order valence-corrected chi connectivity index (χ0v) is 11.6. The van der Waals surface area contributed by atoms with E-state index < -0.39 is 0 Å². The lowest BCUT2D eigenvalue weighted by Gasteiger charge is -2.22. The Bertz CT molecular complexity index is 431. The fraction of sp³-hybridized carbons (Fsp3) is 0.600. The van der Waals surface area contributed by atoms with E-state index >= 15 is 0 Å². The normalized spacial score (nSPS) is 24.2. The number of hydrogen-bond acceptors (Lipinski definition) is 2. The third-order valence-corrected chi connectivity index (χ3v) is 4.08. The van der Waals surface area contributed by atoms with Gasteiger partial charge >= 0.3 is 0 Å². The van der Waals surface area contributed by atoms with Crippen LogP contribution in [0.3, 0.4) is 0 Å². The van der Waals surface area contributed by atoms with Crippen LogP contribution in [0.15, 0.2) is 18.2 Å². The first kappa shape index (κ1) is 12.3. The smallest absolute Gasteiger partial charge is 0.125 e. The van der Waals surface area contributed by atoms with Crippen LogP contribution in [-0.2, 0) is 6.54 Å². The van der Waals surface area contributed by atoms with E-state index in [1.807, 2.05) is 12.1 Å². The minimum atomic E-state index is 0.295. The van der Waals surface area contributed by atoms with E-state index in [-0.39, 0.29) is 0 Å². The Labute approximate surface area is 114 Å². The molecule has 1 aromatic rings. The summed E-state index contributed by atoms with van der Waals surface area (Å²) in [5, 5.41) is 0.763. The zero-order valence-electron chi connectivity index (χ0n) is 10.9. The predicted molar refractivity (Wildman–Crippen MR) is 74.2 cm³/mol. The molecule has 1 aliphatic heterocycles. The molecular formula is C15H20ClNO. The monoisotopic (exact) mass is 265 g/mol. The standard InChI is InChI=1S/C15H20ClNO/c1-2-14-10-17(8-11-3-4-11)9-12-5-6-13(16)7-15(12)18-14/h5-7,11,14H,2-4,8-10H2,1H3/t14-/m1/s1. The van der Waals surface area contributed by atoms with Crippen molar-refractivity contribution in [1.82, 2.24) is 4.90 Å². The van der Waals surface area contributed by atoms with Crippen LogP contribution in [0.1, 0.15) is 31.7 Å². The minimum Gasteiger partial charge on any atom is -0.489 e. The minimum absolute atomic E-state index is 0.295. The molecule has 1 saturated carbocycles. The van der Waals surface area contributed by atoms with Crippen LogP contribution in [0.4, 0.5) is 0 Å². The molecule has 0 spiro atoms. The SMILES string of the molecule is CC[C@@H]1CN(CC2CC2)Cc2ccc(Cl)cc2O1. The molecule has 18 heavy (non-hydrogen) atoms. The van der Waals surface area contributed by atoms with Crippen LogP contribution in [0.5, 0.6) is 5.75 Å². The summed E-state index contributed by atoms with van der Waals surface area (Å²) in [6, 6.07) is 6.03. The van der Waals surface area contributed by atoms with Crippen molar-refractivity contribution in [2.45, 2.75) is 38.8 Å². The highest BCUT2D eigenvalue weighted by Crippen LogP contribution is 2.33. The van der Waals surface area contributed by atoms with Gasteiger partial charge in [0, 0.05) is 30.2 Å². The summed E-state index contributed by atoms with van der Waals surface area (Å²) in [6.45, 7) is 5.45. The van der Waals surface area contributed by atoms with E-state index in [1.165, 1.54) is 24.9 Å². The molecule has 1 atom stereocenters. The molecule has 0 saturated heterocycles. The average molecular weight is 266 g/mol. The largest absolute Gasteiger partial charge is 0.489 e. The molecule has 0 amide bonds. The summed E-state index contributed by atoms with van der Waals surface area (Å²) < 4.78 is 6.09. The molecule has 0 aromatic heterocycles. The van der Waals surface area contributed by atoms with Crippen LogP contribution in [-0.4, -0.2) is 24.1 Å². The topological polar surface area (TPSA) is 12.5 Å². The Morgan fingerprint density at radius 2 is 2.22 bits per heavy atom. The van der Waals surface area contributed by atoms with E-state index in [0.717, 1.165) is 36.2 Å². The average Bonchev–Trinajstić information content (AvgIpc) is 3.15. The van der Waals surface area contributed by atoms with Gasteiger partial charge in [0.05, 0.1) is 0 Å². The second kappa shape index (κ2) is 5.10.